The normalized spacial score (nSPS) is 15.6. The summed E-state index contributed by atoms with van der Waals surface area (Å²) in [6.45, 7) is 0.113. The molecule has 1 atom stereocenters. The summed E-state index contributed by atoms with van der Waals surface area (Å²) in [5.74, 6) is -1.04. The maximum atomic E-state index is 13.3. The number of anilines is 1. The first-order valence-corrected chi connectivity index (χ1v) is 11.4. The van der Waals surface area contributed by atoms with Crippen molar-refractivity contribution in [2.24, 2.45) is 0 Å². The lowest BCUT2D eigenvalue weighted by molar-refractivity contribution is 0.161. The van der Waals surface area contributed by atoms with Crippen LogP contribution in [0.25, 0.3) is 11.3 Å². The number of sulfone groups is 1. The zero-order chi connectivity index (χ0) is 21.8. The highest BCUT2D eigenvalue weighted by atomic mass is 79.9. The summed E-state index contributed by atoms with van der Waals surface area (Å²) in [5.41, 5.74) is 0.313. The first kappa shape index (κ1) is 20.6. The van der Waals surface area contributed by atoms with Gasteiger partial charge in [-0.25, -0.2) is 17.6 Å². The van der Waals surface area contributed by atoms with Gasteiger partial charge >= 0.3 is 5.63 Å². The van der Waals surface area contributed by atoms with Crippen LogP contribution < -0.4 is 10.5 Å². The Kier molecular flexibility index (Phi) is 4.95. The van der Waals surface area contributed by atoms with Crippen molar-refractivity contribution in [3.8, 4) is 17.1 Å². The summed E-state index contributed by atoms with van der Waals surface area (Å²) < 4.78 is 42.4. The van der Waals surface area contributed by atoms with Crippen LogP contribution in [0.15, 0.2) is 61.0 Å². The molecule has 0 radical (unpaired) electrons. The summed E-state index contributed by atoms with van der Waals surface area (Å²) in [4.78, 5) is 13.6. The molecule has 7 nitrogen and oxygen atoms in total. The fraction of sp³-hybridized carbons (Fsp3) is 0.150. The molecule has 1 aromatic heterocycles. The number of rotatable bonds is 3. The van der Waals surface area contributed by atoms with Crippen LogP contribution in [0.2, 0.25) is 0 Å². The van der Waals surface area contributed by atoms with Crippen LogP contribution in [0.4, 0.5) is 10.1 Å². The second-order valence-electron chi connectivity index (χ2n) is 6.87. The number of aliphatic hydroxyl groups is 1. The fourth-order valence-corrected chi connectivity index (χ4v) is 4.32. The minimum Gasteiger partial charge on any atom is -0.506 e. The zero-order valence-corrected chi connectivity index (χ0v) is 17.9. The zero-order valence-electron chi connectivity index (χ0n) is 15.5. The highest BCUT2D eigenvalue weighted by Gasteiger charge is 2.36. The molecule has 0 bridgehead atoms. The van der Waals surface area contributed by atoms with Crippen molar-refractivity contribution in [3.63, 3.8) is 0 Å². The SMILES string of the molecule is CS(=O)(=O)c1ccc2c(c1)-c1oc(=O)c(Br)c(O)c1C(O)N2Cc1ccc(F)cc1. The molecule has 0 amide bonds. The third kappa shape index (κ3) is 3.40. The Bertz CT molecular complexity index is 1320. The number of hydrogen-bond acceptors (Lipinski definition) is 7. The molecule has 0 fully saturated rings. The number of aliphatic hydroxyl groups excluding tert-OH is 1. The molecular weight excluding hydrogens is 481 g/mol. The Balaban J connectivity index is 1.97. The molecule has 2 N–H and O–H groups in total. The van der Waals surface area contributed by atoms with Gasteiger partial charge in [0.2, 0.25) is 0 Å². The van der Waals surface area contributed by atoms with E-state index in [1.54, 1.807) is 12.1 Å². The Hall–Kier alpha value is -2.69. The number of nitrogens with zero attached hydrogens (tertiary/aromatic N) is 1. The quantitative estimate of drug-likeness (QED) is 0.573. The van der Waals surface area contributed by atoms with Crippen LogP contribution in [0.3, 0.4) is 0 Å². The van der Waals surface area contributed by atoms with Gasteiger partial charge in [0.25, 0.3) is 0 Å². The monoisotopic (exact) mass is 495 g/mol. The molecule has 1 aliphatic heterocycles. The van der Waals surface area contributed by atoms with Crippen molar-refractivity contribution >= 4 is 31.5 Å². The standard InChI is InChI=1S/C20H15BrFNO6S/c1-30(27,28)12-6-7-14-13(8-12)18-15(17(24)16(21)20(26)29-18)19(25)23(14)9-10-2-4-11(22)5-3-10/h2-8,19,24-25H,9H2,1H3. The van der Waals surface area contributed by atoms with Gasteiger partial charge < -0.3 is 19.5 Å². The summed E-state index contributed by atoms with van der Waals surface area (Å²) >= 11 is 2.94. The van der Waals surface area contributed by atoms with E-state index in [0.29, 0.717) is 11.3 Å². The number of hydrogen-bond donors (Lipinski definition) is 2. The van der Waals surface area contributed by atoms with Crippen LogP contribution in [0.5, 0.6) is 5.75 Å². The van der Waals surface area contributed by atoms with Crippen molar-refractivity contribution in [1.82, 2.24) is 0 Å². The first-order chi connectivity index (χ1) is 14.1. The van der Waals surface area contributed by atoms with Gasteiger partial charge in [0.15, 0.2) is 21.8 Å². The maximum Gasteiger partial charge on any atom is 0.354 e. The van der Waals surface area contributed by atoms with E-state index in [2.05, 4.69) is 15.9 Å². The second kappa shape index (κ2) is 7.22. The molecule has 2 heterocycles. The van der Waals surface area contributed by atoms with E-state index < -0.39 is 33.3 Å². The smallest absolute Gasteiger partial charge is 0.354 e. The van der Waals surface area contributed by atoms with Crippen LogP contribution in [-0.2, 0) is 16.4 Å². The highest BCUT2D eigenvalue weighted by molar-refractivity contribution is 9.10. The summed E-state index contributed by atoms with van der Waals surface area (Å²) in [6, 6.07) is 9.83. The Morgan fingerprint density at radius 3 is 2.50 bits per heavy atom. The molecule has 10 heteroatoms. The number of fused-ring (bicyclic) bond motifs is 3. The van der Waals surface area contributed by atoms with Crippen LogP contribution in [0.1, 0.15) is 17.4 Å². The molecule has 30 heavy (non-hydrogen) atoms. The lowest BCUT2D eigenvalue weighted by Crippen LogP contribution is -2.32. The predicted octanol–water partition coefficient (Wildman–Crippen LogP) is 3.33. The minimum absolute atomic E-state index is 0.0182. The average molecular weight is 496 g/mol. The molecule has 1 unspecified atom stereocenters. The predicted molar refractivity (Wildman–Crippen MR) is 110 cm³/mol. The Labute approximate surface area is 179 Å². The van der Waals surface area contributed by atoms with Gasteiger partial charge in [-0.15, -0.1) is 0 Å². The molecule has 0 aliphatic carbocycles. The van der Waals surface area contributed by atoms with Gasteiger partial charge in [0.05, 0.1) is 16.1 Å². The molecule has 0 spiro atoms. The summed E-state index contributed by atoms with van der Waals surface area (Å²) in [7, 11) is -3.58. The number of benzene rings is 2. The molecule has 0 saturated carbocycles. The molecule has 3 aromatic rings. The maximum absolute atomic E-state index is 13.3. The topological polar surface area (TPSA) is 108 Å². The van der Waals surface area contributed by atoms with E-state index in [4.69, 9.17) is 4.42 Å². The van der Waals surface area contributed by atoms with Gasteiger partial charge in [-0.3, -0.25) is 0 Å². The summed E-state index contributed by atoms with van der Waals surface area (Å²) in [6.07, 6.45) is -0.374. The third-order valence-electron chi connectivity index (χ3n) is 4.85. The van der Waals surface area contributed by atoms with E-state index in [1.807, 2.05) is 0 Å². The molecule has 4 rings (SSSR count). The van der Waals surface area contributed by atoms with E-state index in [1.165, 1.54) is 35.2 Å². The van der Waals surface area contributed by atoms with Crippen LogP contribution >= 0.6 is 15.9 Å². The van der Waals surface area contributed by atoms with E-state index in [0.717, 1.165) is 6.26 Å². The van der Waals surface area contributed by atoms with Gasteiger partial charge in [-0.2, -0.15) is 0 Å². The molecule has 0 saturated heterocycles. The lowest BCUT2D eigenvalue weighted by Gasteiger charge is -2.36. The highest BCUT2D eigenvalue weighted by Crippen LogP contribution is 2.48. The Morgan fingerprint density at radius 1 is 1.20 bits per heavy atom. The number of halogens is 2. The van der Waals surface area contributed by atoms with Crippen LogP contribution in [0, 0.1) is 5.82 Å². The lowest BCUT2D eigenvalue weighted by atomic mass is 9.96. The van der Waals surface area contributed by atoms with Gasteiger partial charge in [0.1, 0.15) is 16.0 Å². The van der Waals surface area contributed by atoms with Crippen molar-refractivity contribution in [1.29, 1.82) is 0 Å². The van der Waals surface area contributed by atoms with E-state index in [-0.39, 0.29) is 32.8 Å². The fourth-order valence-electron chi connectivity index (χ4n) is 3.38. The Morgan fingerprint density at radius 2 is 1.87 bits per heavy atom. The van der Waals surface area contributed by atoms with Gasteiger partial charge in [-0.05, 0) is 51.8 Å². The number of aromatic hydroxyl groups is 1. The molecule has 2 aromatic carbocycles. The minimum atomic E-state index is -3.58. The van der Waals surface area contributed by atoms with Crippen molar-refractivity contribution in [3.05, 3.63) is 74.3 Å². The average Bonchev–Trinajstić information content (AvgIpc) is 2.69. The van der Waals surface area contributed by atoms with E-state index >= 15 is 0 Å². The molecular formula is C20H15BrFNO6S. The largest absolute Gasteiger partial charge is 0.506 e. The van der Waals surface area contributed by atoms with Gasteiger partial charge in [-0.1, -0.05) is 12.1 Å². The molecule has 156 valence electrons. The van der Waals surface area contributed by atoms with E-state index in [9.17, 15) is 27.8 Å². The van der Waals surface area contributed by atoms with Crippen molar-refractivity contribution in [2.75, 3.05) is 11.2 Å². The first-order valence-electron chi connectivity index (χ1n) is 8.67. The van der Waals surface area contributed by atoms with Crippen molar-refractivity contribution in [2.45, 2.75) is 17.7 Å². The molecule has 1 aliphatic rings. The van der Waals surface area contributed by atoms with Crippen molar-refractivity contribution < 1.29 is 27.4 Å². The third-order valence-corrected chi connectivity index (χ3v) is 6.66. The summed E-state index contributed by atoms with van der Waals surface area (Å²) in [5, 5.41) is 21.5. The van der Waals surface area contributed by atoms with Crippen LogP contribution in [-0.4, -0.2) is 24.9 Å². The van der Waals surface area contributed by atoms with Gasteiger partial charge in [0, 0.05) is 18.4 Å². The second-order valence-corrected chi connectivity index (χ2v) is 9.68.